The van der Waals surface area contributed by atoms with Crippen LogP contribution in [0.3, 0.4) is 0 Å². The van der Waals surface area contributed by atoms with Crippen LogP contribution in [-0.2, 0) is 25.6 Å². The molecule has 1 rings (SSSR count). The second-order valence-electron chi connectivity index (χ2n) is 7.54. The number of nitrogens with two attached hydrogens (primary N) is 1. The first kappa shape index (κ1) is 26.4. The van der Waals surface area contributed by atoms with Gasteiger partial charge in [-0.05, 0) is 31.3 Å². The molecule has 174 valence electrons. The summed E-state index contributed by atoms with van der Waals surface area (Å²) in [5, 5.41) is 17.1. The van der Waals surface area contributed by atoms with Crippen molar-refractivity contribution in [2.45, 2.75) is 57.8 Å². The summed E-state index contributed by atoms with van der Waals surface area (Å²) >= 11 is 1.47. The van der Waals surface area contributed by atoms with Gasteiger partial charge in [-0.1, -0.05) is 13.8 Å². The summed E-state index contributed by atoms with van der Waals surface area (Å²) in [7, 11) is 0. The number of thioether (sulfide) groups is 1. The van der Waals surface area contributed by atoms with E-state index in [1.54, 1.807) is 13.8 Å². The van der Waals surface area contributed by atoms with Crippen LogP contribution in [0.4, 0.5) is 0 Å². The van der Waals surface area contributed by atoms with Gasteiger partial charge < -0.3 is 31.8 Å². The standard InChI is InChI=1S/C19H32N6O5S/c1-10(2)15(18(28)23-13(19(29)30)5-6-31-4)25-17(27)14(24-16(26)11(3)20)7-12-8-21-9-22-12/h8-11,13-15H,5-7,20H2,1-4H3,(H,21,22)(H,23,28)(H,24,26)(H,25,27)(H,29,30). The lowest BCUT2D eigenvalue weighted by molar-refractivity contribution is -0.142. The molecule has 1 aromatic rings. The molecule has 12 heteroatoms. The first-order valence-corrected chi connectivity index (χ1v) is 11.3. The number of amides is 3. The third-order valence-electron chi connectivity index (χ3n) is 4.50. The van der Waals surface area contributed by atoms with Crippen LogP contribution in [0, 0.1) is 5.92 Å². The molecule has 0 saturated heterocycles. The fraction of sp³-hybridized carbons (Fsp3) is 0.632. The molecule has 4 unspecified atom stereocenters. The van der Waals surface area contributed by atoms with Gasteiger partial charge in [-0.2, -0.15) is 11.8 Å². The predicted octanol–water partition coefficient (Wildman–Crippen LogP) is -0.752. The summed E-state index contributed by atoms with van der Waals surface area (Å²) in [5.41, 5.74) is 6.20. The summed E-state index contributed by atoms with van der Waals surface area (Å²) in [4.78, 5) is 56.0. The van der Waals surface area contributed by atoms with Crippen molar-refractivity contribution in [3.05, 3.63) is 18.2 Å². The Hall–Kier alpha value is -2.60. The van der Waals surface area contributed by atoms with Crippen LogP contribution in [0.15, 0.2) is 12.5 Å². The average Bonchev–Trinajstić information content (AvgIpc) is 3.20. The Bertz CT molecular complexity index is 740. The number of rotatable bonds is 13. The van der Waals surface area contributed by atoms with E-state index in [9.17, 15) is 24.3 Å². The van der Waals surface area contributed by atoms with Gasteiger partial charge >= 0.3 is 5.97 Å². The number of carbonyl (C=O) groups is 4. The Morgan fingerprint density at radius 2 is 1.74 bits per heavy atom. The van der Waals surface area contributed by atoms with E-state index < -0.39 is 47.9 Å². The lowest BCUT2D eigenvalue weighted by Gasteiger charge is -2.26. The molecule has 0 bridgehead atoms. The number of nitrogens with one attached hydrogen (secondary N) is 4. The van der Waals surface area contributed by atoms with Gasteiger partial charge in [-0.15, -0.1) is 0 Å². The zero-order valence-corrected chi connectivity index (χ0v) is 19.0. The maximum Gasteiger partial charge on any atom is 0.326 e. The summed E-state index contributed by atoms with van der Waals surface area (Å²) in [5.74, 6) is -2.61. The second-order valence-corrected chi connectivity index (χ2v) is 8.53. The zero-order chi connectivity index (χ0) is 23.6. The summed E-state index contributed by atoms with van der Waals surface area (Å²) in [6.45, 7) is 4.95. The lowest BCUT2D eigenvalue weighted by Crippen LogP contribution is -2.58. The molecule has 31 heavy (non-hydrogen) atoms. The SMILES string of the molecule is CSCCC(NC(=O)C(NC(=O)C(Cc1cnc[nH]1)NC(=O)C(C)N)C(C)C)C(=O)O. The molecule has 11 nitrogen and oxygen atoms in total. The number of carboxylic acid groups (broad SMARTS) is 1. The number of H-pyrrole nitrogens is 1. The zero-order valence-electron chi connectivity index (χ0n) is 18.2. The molecule has 7 N–H and O–H groups in total. The van der Waals surface area contributed by atoms with Crippen molar-refractivity contribution >= 4 is 35.5 Å². The Morgan fingerprint density at radius 3 is 2.23 bits per heavy atom. The lowest BCUT2D eigenvalue weighted by atomic mass is 10.0. The fourth-order valence-electron chi connectivity index (χ4n) is 2.67. The molecule has 0 radical (unpaired) electrons. The van der Waals surface area contributed by atoms with E-state index in [0.29, 0.717) is 11.4 Å². The van der Waals surface area contributed by atoms with Crippen molar-refractivity contribution in [2.24, 2.45) is 11.7 Å². The van der Waals surface area contributed by atoms with Gasteiger partial charge in [0.2, 0.25) is 17.7 Å². The number of aromatic nitrogens is 2. The molecule has 0 aliphatic carbocycles. The minimum atomic E-state index is -1.14. The van der Waals surface area contributed by atoms with Crippen molar-refractivity contribution in [1.29, 1.82) is 0 Å². The third kappa shape index (κ3) is 8.97. The Morgan fingerprint density at radius 1 is 1.10 bits per heavy atom. The number of carboxylic acids is 1. The number of carbonyl (C=O) groups excluding carboxylic acids is 3. The van der Waals surface area contributed by atoms with E-state index in [0.717, 1.165) is 0 Å². The molecular weight excluding hydrogens is 424 g/mol. The second kappa shape index (κ2) is 13.0. The van der Waals surface area contributed by atoms with Crippen LogP contribution < -0.4 is 21.7 Å². The largest absolute Gasteiger partial charge is 0.480 e. The Labute approximate surface area is 185 Å². The van der Waals surface area contributed by atoms with Crippen LogP contribution in [0.1, 0.15) is 32.9 Å². The maximum absolute atomic E-state index is 12.9. The van der Waals surface area contributed by atoms with E-state index in [1.807, 2.05) is 6.26 Å². The third-order valence-corrected chi connectivity index (χ3v) is 5.14. The first-order chi connectivity index (χ1) is 14.6. The van der Waals surface area contributed by atoms with E-state index >= 15 is 0 Å². The predicted molar refractivity (Wildman–Crippen MR) is 117 cm³/mol. The van der Waals surface area contributed by atoms with Gasteiger partial charge in [-0.25, -0.2) is 9.78 Å². The fourth-order valence-corrected chi connectivity index (χ4v) is 3.14. The highest BCUT2D eigenvalue weighted by Crippen LogP contribution is 2.07. The van der Waals surface area contributed by atoms with E-state index in [2.05, 4.69) is 25.9 Å². The highest BCUT2D eigenvalue weighted by atomic mass is 32.2. The molecular formula is C19H32N6O5S. The maximum atomic E-state index is 12.9. The Balaban J connectivity index is 2.94. The van der Waals surface area contributed by atoms with Gasteiger partial charge in [0.1, 0.15) is 18.1 Å². The number of nitrogens with zero attached hydrogens (tertiary/aromatic N) is 1. The molecule has 3 amide bonds. The van der Waals surface area contributed by atoms with E-state index in [4.69, 9.17) is 5.73 Å². The first-order valence-electron chi connectivity index (χ1n) is 9.92. The molecule has 0 fully saturated rings. The number of imidazole rings is 1. The van der Waals surface area contributed by atoms with Crippen molar-refractivity contribution in [1.82, 2.24) is 25.9 Å². The Kier molecular flexibility index (Phi) is 11.0. The normalized spacial score (nSPS) is 14.9. The minimum Gasteiger partial charge on any atom is -0.480 e. The molecule has 1 aromatic heterocycles. The van der Waals surface area contributed by atoms with Crippen LogP contribution in [0.25, 0.3) is 0 Å². The van der Waals surface area contributed by atoms with Crippen molar-refractivity contribution in [3.63, 3.8) is 0 Å². The van der Waals surface area contributed by atoms with Gasteiger partial charge in [0.25, 0.3) is 0 Å². The molecule has 0 aliphatic rings. The quantitative estimate of drug-likeness (QED) is 0.224. The van der Waals surface area contributed by atoms with Crippen LogP contribution in [-0.4, -0.2) is 74.9 Å². The van der Waals surface area contributed by atoms with E-state index in [1.165, 1.54) is 31.2 Å². The monoisotopic (exact) mass is 456 g/mol. The summed E-state index contributed by atoms with van der Waals surface area (Å²) < 4.78 is 0. The van der Waals surface area contributed by atoms with Gasteiger partial charge in [-0.3, -0.25) is 14.4 Å². The average molecular weight is 457 g/mol. The van der Waals surface area contributed by atoms with Crippen LogP contribution in [0.2, 0.25) is 0 Å². The molecule has 0 aliphatic heterocycles. The molecule has 0 saturated carbocycles. The summed E-state index contributed by atoms with van der Waals surface area (Å²) in [6, 6.07) is -3.87. The van der Waals surface area contributed by atoms with Crippen molar-refractivity contribution < 1.29 is 24.3 Å². The molecule has 1 heterocycles. The van der Waals surface area contributed by atoms with Gasteiger partial charge in [0.05, 0.1) is 12.4 Å². The van der Waals surface area contributed by atoms with Crippen LogP contribution >= 0.6 is 11.8 Å². The number of hydrogen-bond acceptors (Lipinski definition) is 7. The van der Waals surface area contributed by atoms with Crippen molar-refractivity contribution in [3.8, 4) is 0 Å². The molecule has 4 atom stereocenters. The molecule has 0 aromatic carbocycles. The molecule has 0 spiro atoms. The number of aromatic amines is 1. The van der Waals surface area contributed by atoms with Crippen molar-refractivity contribution in [2.75, 3.05) is 12.0 Å². The highest BCUT2D eigenvalue weighted by molar-refractivity contribution is 7.98. The number of aliphatic carboxylic acids is 1. The van der Waals surface area contributed by atoms with Gasteiger partial charge in [0, 0.05) is 18.3 Å². The minimum absolute atomic E-state index is 0.113. The highest BCUT2D eigenvalue weighted by Gasteiger charge is 2.31. The van der Waals surface area contributed by atoms with E-state index in [-0.39, 0.29) is 18.8 Å². The number of hydrogen-bond donors (Lipinski definition) is 6. The topological polar surface area (TPSA) is 179 Å². The van der Waals surface area contributed by atoms with Crippen LogP contribution in [0.5, 0.6) is 0 Å². The smallest absolute Gasteiger partial charge is 0.326 e. The summed E-state index contributed by atoms with van der Waals surface area (Å²) in [6.07, 6.45) is 5.18. The van der Waals surface area contributed by atoms with Gasteiger partial charge in [0.15, 0.2) is 0 Å².